The highest BCUT2D eigenvalue weighted by atomic mass is 16.6. The third kappa shape index (κ3) is 3.69. The first-order valence-electron chi connectivity index (χ1n) is 6.89. The van der Waals surface area contributed by atoms with Crippen molar-refractivity contribution in [2.75, 3.05) is 13.1 Å². The van der Waals surface area contributed by atoms with Crippen LogP contribution >= 0.6 is 0 Å². The first-order chi connectivity index (χ1) is 9.39. The molecule has 1 amide bonds. The molecule has 0 aliphatic carbocycles. The number of aromatic nitrogens is 2. The van der Waals surface area contributed by atoms with Gasteiger partial charge in [-0.15, -0.1) is 0 Å². The van der Waals surface area contributed by atoms with Gasteiger partial charge in [-0.25, -0.2) is 4.79 Å². The quantitative estimate of drug-likeness (QED) is 0.886. The van der Waals surface area contributed by atoms with E-state index in [0.717, 1.165) is 12.8 Å². The minimum atomic E-state index is -0.485. The lowest BCUT2D eigenvalue weighted by Gasteiger charge is -2.32. The van der Waals surface area contributed by atoms with Crippen molar-refractivity contribution in [2.45, 2.75) is 51.7 Å². The van der Waals surface area contributed by atoms with E-state index in [1.165, 1.54) is 0 Å². The summed E-state index contributed by atoms with van der Waals surface area (Å²) in [5.41, 5.74) is 4.98. The van der Waals surface area contributed by atoms with Gasteiger partial charge in [-0.1, -0.05) is 5.16 Å². The maximum Gasteiger partial charge on any atom is 0.410 e. The lowest BCUT2D eigenvalue weighted by Crippen LogP contribution is -2.42. The molecule has 0 spiro atoms. The van der Waals surface area contributed by atoms with Crippen LogP contribution in [-0.4, -0.2) is 39.8 Å². The maximum atomic E-state index is 12.1. The number of likely N-dealkylation sites (tertiary alicyclic amines) is 1. The van der Waals surface area contributed by atoms with E-state index >= 15 is 0 Å². The first-order valence-corrected chi connectivity index (χ1v) is 6.89. The van der Waals surface area contributed by atoms with E-state index in [-0.39, 0.29) is 18.6 Å². The molecule has 1 atom stereocenters. The van der Waals surface area contributed by atoms with Gasteiger partial charge in [-0.3, -0.25) is 0 Å². The zero-order valence-corrected chi connectivity index (χ0v) is 12.3. The second-order valence-electron chi connectivity index (χ2n) is 6.02. The standard InChI is InChI=1S/C13H22N4O3/c1-13(2,3)19-12(18)17-6-4-5-9(8-17)11-15-10(7-14)16-20-11/h9H,4-8,14H2,1-3H3/t9-/m0/s1. The summed E-state index contributed by atoms with van der Waals surface area (Å²) in [6.45, 7) is 7.07. The molecule has 2 heterocycles. The summed E-state index contributed by atoms with van der Waals surface area (Å²) in [7, 11) is 0. The van der Waals surface area contributed by atoms with Crippen molar-refractivity contribution in [1.82, 2.24) is 15.0 Å². The molecular weight excluding hydrogens is 260 g/mol. The van der Waals surface area contributed by atoms with Crippen LogP contribution in [0.3, 0.4) is 0 Å². The number of ether oxygens (including phenoxy) is 1. The molecule has 1 aromatic heterocycles. The van der Waals surface area contributed by atoms with Gasteiger partial charge in [0.25, 0.3) is 0 Å². The summed E-state index contributed by atoms with van der Waals surface area (Å²) < 4.78 is 10.6. The minimum Gasteiger partial charge on any atom is -0.444 e. The predicted octanol–water partition coefficient (Wildman–Crippen LogP) is 1.64. The molecule has 7 nitrogen and oxygen atoms in total. The molecule has 7 heteroatoms. The third-order valence-corrected chi connectivity index (χ3v) is 3.09. The molecule has 112 valence electrons. The topological polar surface area (TPSA) is 94.5 Å². The number of hydrogen-bond donors (Lipinski definition) is 1. The molecule has 0 saturated carbocycles. The van der Waals surface area contributed by atoms with Crippen molar-refractivity contribution in [2.24, 2.45) is 5.73 Å². The van der Waals surface area contributed by atoms with Crippen LogP contribution in [0.2, 0.25) is 0 Å². The molecule has 20 heavy (non-hydrogen) atoms. The van der Waals surface area contributed by atoms with E-state index < -0.39 is 5.60 Å². The SMILES string of the molecule is CC(C)(C)OC(=O)N1CCC[C@H](c2nc(CN)no2)C1. The van der Waals surface area contributed by atoms with Gasteiger partial charge in [0.15, 0.2) is 5.82 Å². The Bertz CT molecular complexity index is 466. The Morgan fingerprint density at radius 3 is 2.90 bits per heavy atom. The molecule has 0 radical (unpaired) electrons. The van der Waals surface area contributed by atoms with E-state index in [1.54, 1.807) is 4.90 Å². The highest BCUT2D eigenvalue weighted by Gasteiger charge is 2.30. The van der Waals surface area contributed by atoms with Gasteiger partial charge in [-0.05, 0) is 33.6 Å². The Morgan fingerprint density at radius 2 is 2.30 bits per heavy atom. The predicted molar refractivity (Wildman–Crippen MR) is 72.0 cm³/mol. The van der Waals surface area contributed by atoms with Gasteiger partial charge in [0.1, 0.15) is 5.60 Å². The molecule has 0 unspecified atom stereocenters. The molecule has 1 aromatic rings. The normalized spacial score (nSPS) is 20.0. The lowest BCUT2D eigenvalue weighted by atomic mass is 9.98. The zero-order valence-electron chi connectivity index (χ0n) is 12.3. The van der Waals surface area contributed by atoms with Crippen molar-refractivity contribution in [3.8, 4) is 0 Å². The Hall–Kier alpha value is -1.63. The molecule has 1 saturated heterocycles. The van der Waals surface area contributed by atoms with Crippen molar-refractivity contribution >= 4 is 6.09 Å². The van der Waals surface area contributed by atoms with Gasteiger partial charge in [0.05, 0.1) is 12.5 Å². The molecule has 1 aliphatic rings. The number of hydrogen-bond acceptors (Lipinski definition) is 6. The fraction of sp³-hybridized carbons (Fsp3) is 0.769. The van der Waals surface area contributed by atoms with Crippen LogP contribution in [0, 0.1) is 0 Å². The van der Waals surface area contributed by atoms with Gasteiger partial charge in [0.2, 0.25) is 5.89 Å². The summed E-state index contributed by atoms with van der Waals surface area (Å²) in [6.07, 6.45) is 1.52. The number of nitrogens with two attached hydrogens (primary N) is 1. The molecule has 1 fully saturated rings. The van der Waals surface area contributed by atoms with E-state index in [9.17, 15) is 4.79 Å². The van der Waals surface area contributed by atoms with Gasteiger partial charge >= 0.3 is 6.09 Å². The number of amides is 1. The van der Waals surface area contributed by atoms with E-state index in [2.05, 4.69) is 10.1 Å². The van der Waals surface area contributed by atoms with Crippen LogP contribution in [0.25, 0.3) is 0 Å². The van der Waals surface area contributed by atoms with Crippen LogP contribution in [-0.2, 0) is 11.3 Å². The second kappa shape index (κ2) is 5.78. The van der Waals surface area contributed by atoms with E-state index in [0.29, 0.717) is 24.8 Å². The monoisotopic (exact) mass is 282 g/mol. The van der Waals surface area contributed by atoms with Crippen molar-refractivity contribution in [3.05, 3.63) is 11.7 Å². The number of carbonyl (C=O) groups is 1. The highest BCUT2D eigenvalue weighted by molar-refractivity contribution is 5.68. The Balaban J connectivity index is 1.99. The number of nitrogens with zero attached hydrogens (tertiary/aromatic N) is 3. The third-order valence-electron chi connectivity index (χ3n) is 3.09. The Kier molecular flexibility index (Phi) is 4.27. The number of piperidine rings is 1. The van der Waals surface area contributed by atoms with Gasteiger partial charge in [-0.2, -0.15) is 4.98 Å². The summed E-state index contributed by atoms with van der Waals surface area (Å²) in [4.78, 5) is 18.0. The average Bonchev–Trinajstić information content (AvgIpc) is 2.85. The largest absolute Gasteiger partial charge is 0.444 e. The second-order valence-corrected chi connectivity index (χ2v) is 6.02. The molecule has 2 N–H and O–H groups in total. The summed E-state index contributed by atoms with van der Waals surface area (Å²) >= 11 is 0. The van der Waals surface area contributed by atoms with Crippen LogP contribution in [0.15, 0.2) is 4.52 Å². The Morgan fingerprint density at radius 1 is 1.55 bits per heavy atom. The maximum absolute atomic E-state index is 12.1. The minimum absolute atomic E-state index is 0.0593. The zero-order chi connectivity index (χ0) is 14.8. The van der Waals surface area contributed by atoms with Crippen molar-refractivity contribution in [3.63, 3.8) is 0 Å². The molecule has 1 aliphatic heterocycles. The van der Waals surface area contributed by atoms with Gasteiger partial charge in [0, 0.05) is 13.1 Å². The van der Waals surface area contributed by atoms with E-state index in [1.807, 2.05) is 20.8 Å². The fourth-order valence-corrected chi connectivity index (χ4v) is 2.19. The molecule has 0 bridgehead atoms. The highest BCUT2D eigenvalue weighted by Crippen LogP contribution is 2.26. The Labute approximate surface area is 118 Å². The number of rotatable bonds is 2. The van der Waals surface area contributed by atoms with Crippen LogP contribution in [0.4, 0.5) is 4.79 Å². The smallest absolute Gasteiger partial charge is 0.410 e. The summed E-state index contributed by atoms with van der Waals surface area (Å²) in [6, 6.07) is 0. The van der Waals surface area contributed by atoms with E-state index in [4.69, 9.17) is 15.0 Å². The molecular formula is C13H22N4O3. The van der Waals surface area contributed by atoms with Crippen LogP contribution in [0.5, 0.6) is 0 Å². The summed E-state index contributed by atoms with van der Waals surface area (Å²) in [5, 5.41) is 3.79. The van der Waals surface area contributed by atoms with Crippen molar-refractivity contribution in [1.29, 1.82) is 0 Å². The summed E-state index contributed by atoms with van der Waals surface area (Å²) in [5.74, 6) is 1.11. The first kappa shape index (κ1) is 14.8. The van der Waals surface area contributed by atoms with Crippen molar-refractivity contribution < 1.29 is 14.1 Å². The van der Waals surface area contributed by atoms with Gasteiger partial charge < -0.3 is 19.9 Å². The average molecular weight is 282 g/mol. The fourth-order valence-electron chi connectivity index (χ4n) is 2.19. The lowest BCUT2D eigenvalue weighted by molar-refractivity contribution is 0.0189. The molecule has 2 rings (SSSR count). The molecule has 0 aromatic carbocycles. The van der Waals surface area contributed by atoms with Crippen LogP contribution < -0.4 is 5.73 Å². The number of carbonyl (C=O) groups excluding carboxylic acids is 1. The van der Waals surface area contributed by atoms with Crippen LogP contribution in [0.1, 0.15) is 51.2 Å².